The summed E-state index contributed by atoms with van der Waals surface area (Å²) in [6, 6.07) is -0.882. The van der Waals surface area contributed by atoms with E-state index < -0.39 is 21.8 Å². The van der Waals surface area contributed by atoms with Gasteiger partial charge < -0.3 is 4.74 Å². The first kappa shape index (κ1) is 13.8. The molecule has 0 radical (unpaired) electrons. The highest BCUT2D eigenvalue weighted by Gasteiger charge is 2.50. The Bertz CT molecular complexity index is 443. The van der Waals surface area contributed by atoms with Crippen molar-refractivity contribution < 1.29 is 17.9 Å². The molecule has 2 rings (SSSR count). The van der Waals surface area contributed by atoms with Gasteiger partial charge in [0.1, 0.15) is 6.04 Å². The van der Waals surface area contributed by atoms with Crippen molar-refractivity contribution in [3.63, 3.8) is 0 Å². The Hall–Kier alpha value is -0.620. The molecule has 0 spiro atoms. The monoisotopic (exact) mass is 275 g/mol. The van der Waals surface area contributed by atoms with Gasteiger partial charge in [0.05, 0.1) is 18.1 Å². The molecule has 18 heavy (non-hydrogen) atoms. The molecule has 0 aromatic rings. The molecule has 1 aliphatic heterocycles. The number of rotatable bonds is 1. The summed E-state index contributed by atoms with van der Waals surface area (Å²) in [6.45, 7) is 4.12. The molecule has 5 nitrogen and oxygen atoms in total. The van der Waals surface area contributed by atoms with E-state index in [4.69, 9.17) is 0 Å². The highest BCUT2D eigenvalue weighted by Crippen LogP contribution is 2.40. The van der Waals surface area contributed by atoms with Gasteiger partial charge in [0, 0.05) is 6.04 Å². The van der Waals surface area contributed by atoms with Crippen LogP contribution in [0.25, 0.3) is 0 Å². The van der Waals surface area contributed by atoms with E-state index in [9.17, 15) is 13.2 Å². The molecule has 0 aromatic heterocycles. The average Bonchev–Trinajstić information content (AvgIpc) is 2.28. The summed E-state index contributed by atoms with van der Waals surface area (Å²) in [4.78, 5) is 11.6. The van der Waals surface area contributed by atoms with Crippen LogP contribution < -0.4 is 5.32 Å². The summed E-state index contributed by atoms with van der Waals surface area (Å²) in [5.41, 5.74) is -0.108. The van der Waals surface area contributed by atoms with Crippen molar-refractivity contribution in [1.29, 1.82) is 0 Å². The van der Waals surface area contributed by atoms with E-state index in [1.165, 1.54) is 7.11 Å². The maximum absolute atomic E-state index is 12.3. The topological polar surface area (TPSA) is 72.5 Å². The lowest BCUT2D eigenvalue weighted by Crippen LogP contribution is -2.65. The summed E-state index contributed by atoms with van der Waals surface area (Å²) < 4.78 is 29.2. The Balaban J connectivity index is 2.31. The van der Waals surface area contributed by atoms with Crippen molar-refractivity contribution in [2.75, 3.05) is 12.9 Å². The molecule has 0 amide bonds. The molecule has 2 aliphatic rings. The normalized spacial score (nSPS) is 37.6. The number of sulfone groups is 1. The molecule has 104 valence electrons. The minimum Gasteiger partial charge on any atom is -0.468 e. The van der Waals surface area contributed by atoms with E-state index in [-0.39, 0.29) is 22.5 Å². The molecule has 3 unspecified atom stereocenters. The van der Waals surface area contributed by atoms with Gasteiger partial charge in [-0.25, -0.2) is 8.42 Å². The first-order valence-corrected chi connectivity index (χ1v) is 8.05. The minimum absolute atomic E-state index is 0.108. The Morgan fingerprint density at radius 2 is 2.06 bits per heavy atom. The predicted molar refractivity (Wildman–Crippen MR) is 67.9 cm³/mol. The lowest BCUT2D eigenvalue weighted by atomic mass is 9.72. The van der Waals surface area contributed by atoms with E-state index in [0.717, 1.165) is 12.8 Å². The van der Waals surface area contributed by atoms with Crippen LogP contribution in [0.5, 0.6) is 0 Å². The summed E-state index contributed by atoms with van der Waals surface area (Å²) >= 11 is 0. The number of fused-ring (bicyclic) bond motifs is 1. The maximum atomic E-state index is 12.3. The van der Waals surface area contributed by atoms with E-state index in [1.54, 1.807) is 0 Å². The standard InChI is InChI=1S/C12H21NO4S/c1-12(2)6-4-5-9-10(12)13-8(11(14)17-3)7-18(9,15)16/h8-10,13H,4-7H2,1-3H3. The highest BCUT2D eigenvalue weighted by atomic mass is 32.2. The second-order valence-electron chi connectivity index (χ2n) is 5.97. The molecule has 0 bridgehead atoms. The van der Waals surface area contributed by atoms with Gasteiger partial charge in [-0.05, 0) is 18.3 Å². The third-order valence-corrected chi connectivity index (χ3v) is 6.48. The van der Waals surface area contributed by atoms with Crippen LogP contribution in [0.1, 0.15) is 33.1 Å². The minimum atomic E-state index is -3.22. The fraction of sp³-hybridized carbons (Fsp3) is 0.917. The molecule has 2 fully saturated rings. The Morgan fingerprint density at radius 1 is 1.39 bits per heavy atom. The molecule has 1 saturated heterocycles. The van der Waals surface area contributed by atoms with Crippen molar-refractivity contribution in [3.05, 3.63) is 0 Å². The molecule has 1 N–H and O–H groups in total. The number of carbonyl (C=O) groups is 1. The van der Waals surface area contributed by atoms with Crippen molar-refractivity contribution >= 4 is 15.8 Å². The zero-order chi connectivity index (χ0) is 13.6. The van der Waals surface area contributed by atoms with Gasteiger partial charge >= 0.3 is 5.97 Å². The Morgan fingerprint density at radius 3 is 2.67 bits per heavy atom. The summed E-state index contributed by atoms with van der Waals surface area (Å²) in [5, 5.41) is 2.84. The van der Waals surface area contributed by atoms with Crippen molar-refractivity contribution in [2.24, 2.45) is 5.41 Å². The lowest BCUT2D eigenvalue weighted by molar-refractivity contribution is -0.143. The van der Waals surface area contributed by atoms with Gasteiger partial charge in [-0.3, -0.25) is 10.1 Å². The number of ether oxygens (including phenoxy) is 1. The Labute approximate surface area is 108 Å². The van der Waals surface area contributed by atoms with Crippen LogP contribution in [-0.4, -0.2) is 44.6 Å². The van der Waals surface area contributed by atoms with Crippen LogP contribution in [0.4, 0.5) is 0 Å². The molecule has 1 saturated carbocycles. The predicted octanol–water partition coefficient (Wildman–Crippen LogP) is 0.493. The van der Waals surface area contributed by atoms with E-state index in [1.807, 2.05) is 0 Å². The van der Waals surface area contributed by atoms with Crippen molar-refractivity contribution in [2.45, 2.75) is 50.4 Å². The molecule has 1 heterocycles. The number of hydrogen-bond acceptors (Lipinski definition) is 5. The maximum Gasteiger partial charge on any atom is 0.323 e. The second-order valence-corrected chi connectivity index (χ2v) is 8.23. The smallest absolute Gasteiger partial charge is 0.323 e. The summed E-state index contributed by atoms with van der Waals surface area (Å²) in [5.74, 6) is -0.630. The van der Waals surface area contributed by atoms with Gasteiger partial charge in [-0.2, -0.15) is 0 Å². The number of carbonyl (C=O) groups excluding carboxylic acids is 1. The van der Waals surface area contributed by atoms with E-state index >= 15 is 0 Å². The summed E-state index contributed by atoms with van der Waals surface area (Å²) in [6.07, 6.45) is 2.60. The molecule has 0 aromatic carbocycles. The second kappa shape index (κ2) is 4.49. The third-order valence-electron chi connectivity index (χ3n) is 4.25. The largest absolute Gasteiger partial charge is 0.468 e. The van der Waals surface area contributed by atoms with Gasteiger partial charge in [0.15, 0.2) is 9.84 Å². The molecular formula is C12H21NO4S. The van der Waals surface area contributed by atoms with Crippen LogP contribution in [0.2, 0.25) is 0 Å². The number of nitrogens with one attached hydrogen (secondary N) is 1. The fourth-order valence-corrected chi connectivity index (χ4v) is 5.53. The first-order valence-electron chi connectivity index (χ1n) is 6.33. The number of methoxy groups -OCH3 is 1. The highest BCUT2D eigenvalue weighted by molar-refractivity contribution is 7.92. The number of esters is 1. The van der Waals surface area contributed by atoms with Crippen molar-refractivity contribution in [3.8, 4) is 0 Å². The van der Waals surface area contributed by atoms with Crippen LogP contribution in [0.3, 0.4) is 0 Å². The van der Waals surface area contributed by atoms with Gasteiger partial charge in [0.25, 0.3) is 0 Å². The quantitative estimate of drug-likeness (QED) is 0.705. The molecule has 1 aliphatic carbocycles. The van der Waals surface area contributed by atoms with Crippen LogP contribution in [-0.2, 0) is 19.4 Å². The van der Waals surface area contributed by atoms with Gasteiger partial charge in [-0.1, -0.05) is 20.3 Å². The molecular weight excluding hydrogens is 254 g/mol. The first-order chi connectivity index (χ1) is 8.28. The van der Waals surface area contributed by atoms with Crippen molar-refractivity contribution in [1.82, 2.24) is 5.32 Å². The van der Waals surface area contributed by atoms with E-state index in [0.29, 0.717) is 6.42 Å². The third kappa shape index (κ3) is 2.28. The molecule has 6 heteroatoms. The lowest BCUT2D eigenvalue weighted by Gasteiger charge is -2.48. The zero-order valence-electron chi connectivity index (χ0n) is 11.1. The fourth-order valence-electron chi connectivity index (χ4n) is 3.20. The van der Waals surface area contributed by atoms with Crippen LogP contribution >= 0.6 is 0 Å². The van der Waals surface area contributed by atoms with Crippen LogP contribution in [0, 0.1) is 5.41 Å². The zero-order valence-corrected chi connectivity index (χ0v) is 11.9. The van der Waals surface area contributed by atoms with Crippen LogP contribution in [0.15, 0.2) is 0 Å². The Kier molecular flexibility index (Phi) is 3.44. The summed E-state index contributed by atoms with van der Waals surface area (Å²) in [7, 11) is -1.94. The SMILES string of the molecule is COC(=O)C1CS(=O)(=O)C2CCCC(C)(C)C2N1. The average molecular weight is 275 g/mol. The number of hydrogen-bond donors (Lipinski definition) is 1. The van der Waals surface area contributed by atoms with Gasteiger partial charge in [0.2, 0.25) is 0 Å². The molecule has 3 atom stereocenters. The van der Waals surface area contributed by atoms with E-state index in [2.05, 4.69) is 23.9 Å². The van der Waals surface area contributed by atoms with Gasteiger partial charge in [-0.15, -0.1) is 0 Å².